The van der Waals surface area contributed by atoms with E-state index in [1.165, 1.54) is 17.9 Å². The zero-order valence-electron chi connectivity index (χ0n) is 7.73. The first-order valence-corrected chi connectivity index (χ1v) is 3.94. The molecular formula is C8H9FN3O2+. The van der Waals surface area contributed by atoms with E-state index < -0.39 is 5.82 Å². The van der Waals surface area contributed by atoms with Crippen molar-refractivity contribution >= 4 is 11.0 Å². The molecule has 0 aliphatic rings. The molecule has 1 N–H and O–H groups in total. The van der Waals surface area contributed by atoms with Crippen molar-refractivity contribution in [1.82, 2.24) is 9.78 Å². The monoisotopic (exact) mass is 198 g/mol. The third-order valence-corrected chi connectivity index (χ3v) is 1.98. The van der Waals surface area contributed by atoms with Crippen LogP contribution in [0.3, 0.4) is 0 Å². The fraction of sp³-hybridized carbons (Fsp3) is 0.250. The molecule has 0 aliphatic carbocycles. The quantitative estimate of drug-likeness (QED) is 0.527. The van der Waals surface area contributed by atoms with Gasteiger partial charge >= 0.3 is 11.4 Å². The summed E-state index contributed by atoms with van der Waals surface area (Å²) in [6.45, 7) is 0. The van der Waals surface area contributed by atoms with E-state index in [2.05, 4.69) is 5.10 Å². The summed E-state index contributed by atoms with van der Waals surface area (Å²) in [6.07, 6.45) is 0.951. The number of ether oxygens (including phenoxy) is 1. The maximum absolute atomic E-state index is 12.9. The molecule has 0 aliphatic heterocycles. The Bertz CT molecular complexity index is 495. The van der Waals surface area contributed by atoms with Crippen LogP contribution in [-0.2, 0) is 7.05 Å². The largest absolute Gasteiger partial charge is 0.475 e. The molecule has 2 aromatic rings. The number of hydrogen-bond acceptors (Lipinski definition) is 3. The second-order valence-electron chi connectivity index (χ2n) is 2.87. The molecule has 0 saturated heterocycles. The third-order valence-electron chi connectivity index (χ3n) is 1.98. The van der Waals surface area contributed by atoms with Crippen LogP contribution in [0.15, 0.2) is 12.3 Å². The van der Waals surface area contributed by atoms with Gasteiger partial charge in [0.25, 0.3) is 6.20 Å². The number of aryl methyl sites for hydroxylation is 1. The van der Waals surface area contributed by atoms with Crippen molar-refractivity contribution in [1.29, 1.82) is 0 Å². The van der Waals surface area contributed by atoms with Crippen LogP contribution in [0.5, 0.6) is 5.88 Å². The van der Waals surface area contributed by atoms with E-state index >= 15 is 0 Å². The third kappa shape index (κ3) is 1.07. The smallest absolute Gasteiger partial charge is 0.345 e. The molecule has 2 aromatic heterocycles. The highest BCUT2D eigenvalue weighted by molar-refractivity contribution is 5.76. The van der Waals surface area contributed by atoms with Crippen LogP contribution in [0, 0.1) is 5.82 Å². The minimum Gasteiger partial charge on any atom is -0.475 e. The fourth-order valence-electron chi connectivity index (χ4n) is 1.36. The zero-order chi connectivity index (χ0) is 10.3. The Morgan fingerprint density at radius 3 is 3.00 bits per heavy atom. The van der Waals surface area contributed by atoms with Gasteiger partial charge in [0.15, 0.2) is 5.82 Å². The van der Waals surface area contributed by atoms with Crippen LogP contribution >= 0.6 is 0 Å². The van der Waals surface area contributed by atoms with Crippen molar-refractivity contribution in [2.45, 2.75) is 0 Å². The minimum absolute atomic E-state index is 0.255. The van der Waals surface area contributed by atoms with Gasteiger partial charge in [-0.1, -0.05) is 0 Å². The molecule has 0 spiro atoms. The lowest BCUT2D eigenvalue weighted by Crippen LogP contribution is -2.31. The second-order valence-corrected chi connectivity index (χ2v) is 2.87. The molecule has 0 bridgehead atoms. The molecule has 5 nitrogen and oxygen atoms in total. The van der Waals surface area contributed by atoms with Gasteiger partial charge in [0.2, 0.25) is 0 Å². The van der Waals surface area contributed by atoms with Gasteiger partial charge in [-0.15, -0.1) is 5.10 Å². The molecule has 0 saturated carbocycles. The first kappa shape index (κ1) is 8.74. The van der Waals surface area contributed by atoms with Crippen LogP contribution in [0.25, 0.3) is 11.0 Å². The van der Waals surface area contributed by atoms with E-state index in [9.17, 15) is 9.60 Å². The maximum atomic E-state index is 12.9. The van der Waals surface area contributed by atoms with E-state index in [-0.39, 0.29) is 5.88 Å². The number of nitrogens with zero attached hydrogens (tertiary/aromatic N) is 3. The van der Waals surface area contributed by atoms with Gasteiger partial charge in [-0.05, 0) is 0 Å². The highest BCUT2D eigenvalue weighted by Gasteiger charge is 2.22. The Labute approximate surface area is 78.9 Å². The lowest BCUT2D eigenvalue weighted by atomic mass is 10.4. The molecule has 0 aromatic carbocycles. The number of hydrogen-bond donors (Lipinski definition) is 1. The SMILES string of the molecule is COc1nn(C)c2cc(F)c[n+](O)c12. The van der Waals surface area contributed by atoms with Crippen molar-refractivity contribution in [2.75, 3.05) is 7.11 Å². The number of fused-ring (bicyclic) bond motifs is 1. The normalized spacial score (nSPS) is 10.8. The average Bonchev–Trinajstić information content (AvgIpc) is 2.43. The number of halogens is 1. The number of methoxy groups -OCH3 is 1. The van der Waals surface area contributed by atoms with Crippen LogP contribution in [-0.4, -0.2) is 22.1 Å². The molecule has 6 heteroatoms. The van der Waals surface area contributed by atoms with Crippen LogP contribution < -0.4 is 9.47 Å². The summed E-state index contributed by atoms with van der Waals surface area (Å²) in [6, 6.07) is 1.28. The first-order valence-electron chi connectivity index (χ1n) is 3.94. The highest BCUT2D eigenvalue weighted by atomic mass is 19.1. The van der Waals surface area contributed by atoms with E-state index in [0.717, 1.165) is 6.20 Å². The second kappa shape index (κ2) is 2.83. The maximum Gasteiger partial charge on any atom is 0.345 e. The average molecular weight is 198 g/mol. The molecular weight excluding hydrogens is 189 g/mol. The summed E-state index contributed by atoms with van der Waals surface area (Å²) in [4.78, 5) is 0. The summed E-state index contributed by atoms with van der Waals surface area (Å²) in [5.41, 5.74) is 0.806. The van der Waals surface area contributed by atoms with E-state index in [0.29, 0.717) is 15.8 Å². The summed E-state index contributed by atoms with van der Waals surface area (Å²) >= 11 is 0. The number of rotatable bonds is 1. The van der Waals surface area contributed by atoms with Crippen molar-refractivity contribution in [3.8, 4) is 5.88 Å². The lowest BCUT2D eigenvalue weighted by molar-refractivity contribution is -0.885. The Hall–Kier alpha value is -1.85. The summed E-state index contributed by atoms with van der Waals surface area (Å²) in [5, 5.41) is 13.4. The number of pyridine rings is 1. The highest BCUT2D eigenvalue weighted by Crippen LogP contribution is 2.20. The fourth-order valence-corrected chi connectivity index (χ4v) is 1.36. The molecule has 0 amide bonds. The van der Waals surface area contributed by atoms with Crippen molar-refractivity contribution < 1.29 is 19.1 Å². The summed E-state index contributed by atoms with van der Waals surface area (Å²) < 4.78 is 20.0. The molecule has 0 fully saturated rings. The van der Waals surface area contributed by atoms with Gasteiger partial charge in [0.05, 0.1) is 7.11 Å². The van der Waals surface area contributed by atoms with Gasteiger partial charge in [0, 0.05) is 17.8 Å². The Morgan fingerprint density at radius 2 is 2.36 bits per heavy atom. The molecule has 0 atom stereocenters. The summed E-state index contributed by atoms with van der Waals surface area (Å²) in [7, 11) is 3.08. The minimum atomic E-state index is -0.536. The molecule has 14 heavy (non-hydrogen) atoms. The Kier molecular flexibility index (Phi) is 1.77. The molecule has 0 radical (unpaired) electrons. The van der Waals surface area contributed by atoms with E-state index in [4.69, 9.17) is 4.74 Å². The van der Waals surface area contributed by atoms with Gasteiger partial charge in [0.1, 0.15) is 5.52 Å². The van der Waals surface area contributed by atoms with Crippen LogP contribution in [0.1, 0.15) is 0 Å². The predicted molar refractivity (Wildman–Crippen MR) is 44.6 cm³/mol. The standard InChI is InChI=1S/C8H9FN3O2/c1-11-6-3-5(9)4-12(13)7(6)8(10-11)14-2/h3-4,13H,1-2H3/q+1. The van der Waals surface area contributed by atoms with E-state index in [1.807, 2.05) is 0 Å². The first-order chi connectivity index (χ1) is 6.63. The lowest BCUT2D eigenvalue weighted by Gasteiger charge is -1.90. The van der Waals surface area contributed by atoms with Crippen molar-refractivity contribution in [3.63, 3.8) is 0 Å². The van der Waals surface area contributed by atoms with Gasteiger partial charge < -0.3 is 4.74 Å². The predicted octanol–water partition coefficient (Wildman–Crippen LogP) is 0.246. The van der Waals surface area contributed by atoms with Crippen LogP contribution in [0.2, 0.25) is 0 Å². The van der Waals surface area contributed by atoms with Gasteiger partial charge in [-0.2, -0.15) is 0 Å². The number of aromatic nitrogens is 3. The topological polar surface area (TPSA) is 51.2 Å². The summed E-state index contributed by atoms with van der Waals surface area (Å²) in [5.74, 6) is -0.282. The van der Waals surface area contributed by atoms with Crippen LogP contribution in [0.4, 0.5) is 4.39 Å². The van der Waals surface area contributed by atoms with Gasteiger partial charge in [-0.3, -0.25) is 9.89 Å². The van der Waals surface area contributed by atoms with Crippen molar-refractivity contribution in [2.24, 2.45) is 7.05 Å². The molecule has 74 valence electrons. The van der Waals surface area contributed by atoms with Crippen molar-refractivity contribution in [3.05, 3.63) is 18.1 Å². The Balaban J connectivity index is 2.89. The molecule has 0 unspecified atom stereocenters. The molecule has 2 heterocycles. The zero-order valence-corrected chi connectivity index (χ0v) is 7.73. The van der Waals surface area contributed by atoms with E-state index in [1.54, 1.807) is 7.05 Å². The van der Waals surface area contributed by atoms with Gasteiger partial charge in [-0.25, -0.2) is 4.39 Å². The Morgan fingerprint density at radius 1 is 1.64 bits per heavy atom. The molecule has 2 rings (SSSR count).